The topological polar surface area (TPSA) is 95.9 Å². The highest BCUT2D eigenvalue weighted by atomic mass is 16.6. The normalized spacial score (nSPS) is 39.8. The summed E-state index contributed by atoms with van der Waals surface area (Å²) in [6, 6.07) is -1.00. The lowest BCUT2D eigenvalue weighted by molar-refractivity contribution is -0.182. The number of aliphatic hydroxyl groups is 1. The molecule has 4 rings (SSSR count). The number of hydrogen-bond donors (Lipinski definition) is 3. The smallest absolute Gasteiger partial charge is 0.408 e. The Morgan fingerprint density at radius 1 is 1.17 bits per heavy atom. The van der Waals surface area contributed by atoms with E-state index in [1.165, 1.54) is 0 Å². The molecule has 3 N–H and O–H groups in total. The second-order valence-corrected chi connectivity index (χ2v) is 8.97. The Hall–Kier alpha value is -1.30. The third kappa shape index (κ3) is 3.18. The molecule has 0 radical (unpaired) electrons. The molecule has 0 spiro atoms. The zero-order valence-corrected chi connectivity index (χ0v) is 14.1. The van der Waals surface area contributed by atoms with Crippen LogP contribution in [0.1, 0.15) is 59.3 Å². The van der Waals surface area contributed by atoms with Gasteiger partial charge in [0.25, 0.3) is 0 Å². The van der Waals surface area contributed by atoms with Gasteiger partial charge in [-0.3, -0.25) is 0 Å². The van der Waals surface area contributed by atoms with Crippen molar-refractivity contribution in [3.63, 3.8) is 0 Å². The molecule has 0 aliphatic heterocycles. The average molecular weight is 325 g/mol. The molecule has 0 saturated heterocycles. The molecule has 4 bridgehead atoms. The predicted molar refractivity (Wildman–Crippen MR) is 82.9 cm³/mol. The largest absolute Gasteiger partial charge is 0.480 e. The number of carboxylic acid groups (broad SMARTS) is 1. The van der Waals surface area contributed by atoms with Gasteiger partial charge >= 0.3 is 12.1 Å². The van der Waals surface area contributed by atoms with E-state index in [2.05, 4.69) is 5.32 Å². The number of carbonyl (C=O) groups is 2. The SMILES string of the molecule is CC(C)(C)OC(=O)N[C@H](C(=O)O)[C@@]12C[C@@H]3C[C@@H](C[C@](O)(C3)C1)C2. The Labute approximate surface area is 136 Å². The van der Waals surface area contributed by atoms with E-state index in [1.54, 1.807) is 20.8 Å². The molecule has 6 nitrogen and oxygen atoms in total. The highest BCUT2D eigenvalue weighted by molar-refractivity contribution is 5.81. The van der Waals surface area contributed by atoms with E-state index < -0.39 is 34.7 Å². The molecule has 6 heteroatoms. The molecule has 4 aliphatic rings. The van der Waals surface area contributed by atoms with Crippen LogP contribution in [-0.4, -0.2) is 39.5 Å². The Balaban J connectivity index is 1.81. The lowest BCUT2D eigenvalue weighted by Crippen LogP contribution is -2.64. The van der Waals surface area contributed by atoms with Crippen molar-refractivity contribution >= 4 is 12.1 Å². The maximum Gasteiger partial charge on any atom is 0.408 e. The Bertz CT molecular complexity index is 510. The number of carboxylic acids is 1. The number of rotatable bonds is 3. The van der Waals surface area contributed by atoms with Crippen molar-refractivity contribution in [3.8, 4) is 0 Å². The molecule has 0 heterocycles. The van der Waals surface area contributed by atoms with Gasteiger partial charge in [0.05, 0.1) is 5.60 Å². The van der Waals surface area contributed by atoms with Crippen LogP contribution in [0.2, 0.25) is 0 Å². The van der Waals surface area contributed by atoms with Gasteiger partial charge in [-0.1, -0.05) is 0 Å². The first-order valence-electron chi connectivity index (χ1n) is 8.45. The summed E-state index contributed by atoms with van der Waals surface area (Å²) in [6.07, 6.45) is 3.89. The quantitative estimate of drug-likeness (QED) is 0.740. The maximum atomic E-state index is 12.1. The van der Waals surface area contributed by atoms with Crippen molar-refractivity contribution in [1.82, 2.24) is 5.32 Å². The zero-order valence-electron chi connectivity index (χ0n) is 14.1. The fourth-order valence-electron chi connectivity index (χ4n) is 5.52. The summed E-state index contributed by atoms with van der Waals surface area (Å²) >= 11 is 0. The number of amides is 1. The van der Waals surface area contributed by atoms with Gasteiger partial charge in [-0.15, -0.1) is 0 Å². The van der Waals surface area contributed by atoms with E-state index in [9.17, 15) is 19.8 Å². The highest BCUT2D eigenvalue weighted by Gasteiger charge is 2.61. The molecule has 130 valence electrons. The molecule has 0 aromatic heterocycles. The van der Waals surface area contributed by atoms with Crippen molar-refractivity contribution in [3.05, 3.63) is 0 Å². The number of carbonyl (C=O) groups excluding carboxylic acids is 1. The Morgan fingerprint density at radius 3 is 2.17 bits per heavy atom. The Kier molecular flexibility index (Phi) is 3.67. The van der Waals surface area contributed by atoms with Gasteiger partial charge in [-0.25, -0.2) is 9.59 Å². The zero-order chi connectivity index (χ0) is 17.0. The van der Waals surface area contributed by atoms with Crippen LogP contribution in [0, 0.1) is 17.3 Å². The Morgan fingerprint density at radius 2 is 1.74 bits per heavy atom. The van der Waals surface area contributed by atoms with Crippen LogP contribution in [0.25, 0.3) is 0 Å². The molecular weight excluding hydrogens is 298 g/mol. The molecule has 0 aromatic carbocycles. The van der Waals surface area contributed by atoms with Gasteiger partial charge in [0, 0.05) is 5.41 Å². The summed E-state index contributed by atoms with van der Waals surface area (Å²) in [5, 5.41) is 23.1. The van der Waals surface area contributed by atoms with Crippen LogP contribution in [0.3, 0.4) is 0 Å². The summed E-state index contributed by atoms with van der Waals surface area (Å²) < 4.78 is 5.23. The van der Waals surface area contributed by atoms with Crippen molar-refractivity contribution in [2.24, 2.45) is 17.3 Å². The van der Waals surface area contributed by atoms with Crippen molar-refractivity contribution < 1.29 is 24.5 Å². The minimum atomic E-state index is -1.04. The standard InChI is InChI=1S/C17H27NO5/c1-15(2,3)23-14(21)18-12(13(19)20)16-5-10-4-11(6-16)8-17(22,7-10)9-16/h10-12,22H,4-9H2,1-3H3,(H,18,21)(H,19,20)/t10-,11+,12-,16+,17+/m1/s1. The summed E-state index contributed by atoms with van der Waals surface area (Å²) in [5.41, 5.74) is -1.98. The summed E-state index contributed by atoms with van der Waals surface area (Å²) in [5.74, 6) is -0.312. The lowest BCUT2D eigenvalue weighted by atomic mass is 9.46. The third-order valence-corrected chi connectivity index (χ3v) is 5.60. The highest BCUT2D eigenvalue weighted by Crippen LogP contribution is 2.62. The number of ether oxygens (including phenoxy) is 1. The van der Waals surface area contributed by atoms with Crippen LogP contribution in [-0.2, 0) is 9.53 Å². The van der Waals surface area contributed by atoms with Gasteiger partial charge in [0.1, 0.15) is 11.6 Å². The molecule has 1 amide bonds. The first-order valence-corrected chi connectivity index (χ1v) is 8.45. The van der Waals surface area contributed by atoms with Gasteiger partial charge in [-0.05, 0) is 71.1 Å². The van der Waals surface area contributed by atoms with E-state index in [4.69, 9.17) is 4.74 Å². The molecule has 4 saturated carbocycles. The fraction of sp³-hybridized carbons (Fsp3) is 0.882. The molecule has 4 aliphatic carbocycles. The number of hydrogen-bond acceptors (Lipinski definition) is 4. The first kappa shape index (κ1) is 16.6. The number of alkyl carbamates (subject to hydrolysis) is 1. The number of aliphatic carboxylic acids is 1. The second kappa shape index (κ2) is 5.10. The van der Waals surface area contributed by atoms with Crippen LogP contribution in [0.5, 0.6) is 0 Å². The minimum absolute atomic E-state index is 0.364. The molecule has 0 aromatic rings. The van der Waals surface area contributed by atoms with Crippen molar-refractivity contribution in [2.75, 3.05) is 0 Å². The van der Waals surface area contributed by atoms with E-state index in [-0.39, 0.29) is 0 Å². The molecule has 23 heavy (non-hydrogen) atoms. The summed E-state index contributed by atoms with van der Waals surface area (Å²) in [7, 11) is 0. The minimum Gasteiger partial charge on any atom is -0.480 e. The van der Waals surface area contributed by atoms with Crippen molar-refractivity contribution in [1.29, 1.82) is 0 Å². The monoisotopic (exact) mass is 325 g/mol. The van der Waals surface area contributed by atoms with Gasteiger partial charge in [0.2, 0.25) is 0 Å². The average Bonchev–Trinajstić information content (AvgIpc) is 2.29. The first-order chi connectivity index (χ1) is 10.5. The van der Waals surface area contributed by atoms with Crippen LogP contribution in [0.15, 0.2) is 0 Å². The van der Waals surface area contributed by atoms with Crippen molar-refractivity contribution in [2.45, 2.75) is 76.5 Å². The molecule has 4 fully saturated rings. The molecular formula is C17H27NO5. The third-order valence-electron chi connectivity index (χ3n) is 5.60. The molecule has 5 atom stereocenters. The number of nitrogens with one attached hydrogen (secondary N) is 1. The van der Waals surface area contributed by atoms with Gasteiger partial charge in [0.15, 0.2) is 0 Å². The van der Waals surface area contributed by atoms with Gasteiger partial charge in [-0.2, -0.15) is 0 Å². The lowest BCUT2D eigenvalue weighted by Gasteiger charge is -2.61. The van der Waals surface area contributed by atoms with E-state index in [0.717, 1.165) is 32.1 Å². The van der Waals surface area contributed by atoms with E-state index >= 15 is 0 Å². The summed E-state index contributed by atoms with van der Waals surface area (Å²) in [6.45, 7) is 5.24. The van der Waals surface area contributed by atoms with E-state index in [1.807, 2.05) is 0 Å². The van der Waals surface area contributed by atoms with E-state index in [0.29, 0.717) is 18.3 Å². The van der Waals surface area contributed by atoms with Crippen LogP contribution >= 0.6 is 0 Å². The van der Waals surface area contributed by atoms with Crippen LogP contribution < -0.4 is 5.32 Å². The fourth-order valence-corrected chi connectivity index (χ4v) is 5.52. The predicted octanol–water partition coefficient (Wildman–Crippen LogP) is 2.30. The second-order valence-electron chi connectivity index (χ2n) is 8.97. The maximum absolute atomic E-state index is 12.1. The summed E-state index contributed by atoms with van der Waals surface area (Å²) in [4.78, 5) is 24.0. The van der Waals surface area contributed by atoms with Gasteiger partial charge < -0.3 is 20.3 Å². The van der Waals surface area contributed by atoms with Crippen LogP contribution in [0.4, 0.5) is 4.79 Å². The molecule has 0 unspecified atom stereocenters.